The zero-order valence-electron chi connectivity index (χ0n) is 10.7. The van der Waals surface area contributed by atoms with E-state index in [0.717, 1.165) is 0 Å². The van der Waals surface area contributed by atoms with Crippen molar-refractivity contribution in [2.75, 3.05) is 5.73 Å². The maximum Gasteiger partial charge on any atom is 0.133 e. The summed E-state index contributed by atoms with van der Waals surface area (Å²) in [4.78, 5) is 8.59. The average Bonchev–Trinajstić information content (AvgIpc) is 2.31. The lowest BCUT2D eigenvalue weighted by Crippen LogP contribution is -2.03. The van der Waals surface area contributed by atoms with E-state index in [1.807, 2.05) is 19.9 Å². The number of halogens is 1. The predicted molar refractivity (Wildman–Crippen MR) is 70.7 cm³/mol. The Labute approximate surface area is 106 Å². The molecule has 0 unspecified atom stereocenters. The molecule has 0 spiro atoms. The fourth-order valence-corrected chi connectivity index (χ4v) is 1.64. The van der Waals surface area contributed by atoms with Crippen LogP contribution >= 0.6 is 0 Å². The maximum absolute atomic E-state index is 13.5. The van der Waals surface area contributed by atoms with Crippen LogP contribution in [0.25, 0.3) is 11.3 Å². The molecule has 0 saturated heterocycles. The SMILES string of the molecule is Cc1ccc(-c2cc(N)nc(C(C)C)n2)cc1F. The van der Waals surface area contributed by atoms with Gasteiger partial charge in [0.1, 0.15) is 17.5 Å². The van der Waals surface area contributed by atoms with Crippen LogP contribution in [0.3, 0.4) is 0 Å². The number of rotatable bonds is 2. The molecule has 0 bridgehead atoms. The van der Waals surface area contributed by atoms with E-state index in [4.69, 9.17) is 5.73 Å². The third-order valence-corrected chi connectivity index (χ3v) is 2.75. The molecule has 1 aromatic heterocycles. The summed E-state index contributed by atoms with van der Waals surface area (Å²) in [7, 11) is 0. The van der Waals surface area contributed by atoms with E-state index in [2.05, 4.69) is 9.97 Å². The Kier molecular flexibility index (Phi) is 3.28. The van der Waals surface area contributed by atoms with Crippen molar-refractivity contribution in [3.63, 3.8) is 0 Å². The second-order valence-electron chi connectivity index (χ2n) is 4.65. The van der Waals surface area contributed by atoms with Crippen molar-refractivity contribution in [1.29, 1.82) is 0 Å². The molecule has 1 heterocycles. The number of nitrogen functional groups attached to an aromatic ring is 1. The third kappa shape index (κ3) is 2.47. The molecule has 0 aliphatic carbocycles. The first kappa shape index (κ1) is 12.5. The van der Waals surface area contributed by atoms with Crippen LogP contribution in [0.1, 0.15) is 31.2 Å². The minimum Gasteiger partial charge on any atom is -0.384 e. The number of nitrogens with zero attached hydrogens (tertiary/aromatic N) is 2. The van der Waals surface area contributed by atoms with Crippen molar-refractivity contribution in [2.45, 2.75) is 26.7 Å². The van der Waals surface area contributed by atoms with Gasteiger partial charge in [-0.3, -0.25) is 0 Å². The molecule has 2 rings (SSSR count). The standard InChI is InChI=1S/C14H16FN3/c1-8(2)14-17-12(7-13(16)18-14)10-5-4-9(3)11(15)6-10/h4-8H,1-3H3,(H2,16,17,18). The zero-order chi connectivity index (χ0) is 13.3. The summed E-state index contributed by atoms with van der Waals surface area (Å²) in [6.45, 7) is 5.72. The van der Waals surface area contributed by atoms with Crippen LogP contribution in [-0.4, -0.2) is 9.97 Å². The summed E-state index contributed by atoms with van der Waals surface area (Å²) in [5.74, 6) is 1.02. The lowest BCUT2D eigenvalue weighted by atomic mass is 10.1. The summed E-state index contributed by atoms with van der Waals surface area (Å²) < 4.78 is 13.5. The molecule has 2 N–H and O–H groups in total. The van der Waals surface area contributed by atoms with Gasteiger partial charge in [0.2, 0.25) is 0 Å². The molecule has 0 aliphatic heterocycles. The number of anilines is 1. The molecule has 18 heavy (non-hydrogen) atoms. The first-order valence-electron chi connectivity index (χ1n) is 5.88. The van der Waals surface area contributed by atoms with Crippen molar-refractivity contribution in [3.05, 3.63) is 41.5 Å². The lowest BCUT2D eigenvalue weighted by molar-refractivity contribution is 0.619. The van der Waals surface area contributed by atoms with Crippen LogP contribution in [0.4, 0.5) is 10.2 Å². The third-order valence-electron chi connectivity index (χ3n) is 2.75. The molecule has 94 valence electrons. The number of aromatic nitrogens is 2. The van der Waals surface area contributed by atoms with Gasteiger partial charge < -0.3 is 5.73 Å². The molecular formula is C14H16FN3. The van der Waals surface area contributed by atoms with Crippen molar-refractivity contribution in [3.8, 4) is 11.3 Å². The van der Waals surface area contributed by atoms with Gasteiger partial charge >= 0.3 is 0 Å². The fourth-order valence-electron chi connectivity index (χ4n) is 1.64. The Balaban J connectivity index is 2.53. The summed E-state index contributed by atoms with van der Waals surface area (Å²) >= 11 is 0. The highest BCUT2D eigenvalue weighted by Gasteiger charge is 2.09. The summed E-state index contributed by atoms with van der Waals surface area (Å²) in [6.07, 6.45) is 0. The molecule has 0 radical (unpaired) electrons. The molecule has 0 amide bonds. The van der Waals surface area contributed by atoms with E-state index in [9.17, 15) is 4.39 Å². The van der Waals surface area contributed by atoms with Gasteiger partial charge in [-0.15, -0.1) is 0 Å². The molecule has 0 aliphatic rings. The van der Waals surface area contributed by atoms with Gasteiger partial charge in [-0.1, -0.05) is 26.0 Å². The minimum atomic E-state index is -0.240. The number of hydrogen-bond acceptors (Lipinski definition) is 3. The van der Waals surface area contributed by atoms with E-state index in [-0.39, 0.29) is 11.7 Å². The molecule has 0 saturated carbocycles. The van der Waals surface area contributed by atoms with Gasteiger partial charge in [0.15, 0.2) is 0 Å². The van der Waals surface area contributed by atoms with Crippen LogP contribution in [-0.2, 0) is 0 Å². The van der Waals surface area contributed by atoms with Gasteiger partial charge in [0.05, 0.1) is 5.69 Å². The first-order valence-corrected chi connectivity index (χ1v) is 5.88. The number of nitrogens with two attached hydrogens (primary N) is 1. The van der Waals surface area contributed by atoms with Gasteiger partial charge in [-0.2, -0.15) is 0 Å². The Morgan fingerprint density at radius 1 is 1.17 bits per heavy atom. The first-order chi connectivity index (χ1) is 8.47. The van der Waals surface area contributed by atoms with Crippen LogP contribution in [0.2, 0.25) is 0 Å². The lowest BCUT2D eigenvalue weighted by Gasteiger charge is -2.08. The molecule has 0 atom stereocenters. The van der Waals surface area contributed by atoms with Gasteiger partial charge in [-0.25, -0.2) is 14.4 Å². The normalized spacial score (nSPS) is 10.9. The van der Waals surface area contributed by atoms with E-state index < -0.39 is 0 Å². The van der Waals surface area contributed by atoms with Gasteiger partial charge in [-0.05, 0) is 18.6 Å². The topological polar surface area (TPSA) is 51.8 Å². The maximum atomic E-state index is 13.5. The highest BCUT2D eigenvalue weighted by Crippen LogP contribution is 2.23. The molecule has 1 aromatic carbocycles. The van der Waals surface area contributed by atoms with Crippen LogP contribution in [0, 0.1) is 12.7 Å². The summed E-state index contributed by atoms with van der Waals surface area (Å²) in [6, 6.07) is 6.71. The smallest absolute Gasteiger partial charge is 0.133 e. The molecule has 2 aromatic rings. The molecule has 4 heteroatoms. The second kappa shape index (κ2) is 4.72. The molecular weight excluding hydrogens is 229 g/mol. The van der Waals surface area contributed by atoms with Crippen LogP contribution < -0.4 is 5.73 Å². The number of benzene rings is 1. The molecule has 0 fully saturated rings. The van der Waals surface area contributed by atoms with Crippen molar-refractivity contribution in [2.24, 2.45) is 0 Å². The molecule has 3 nitrogen and oxygen atoms in total. The summed E-state index contributed by atoms with van der Waals surface area (Å²) in [5.41, 5.74) is 7.75. The van der Waals surface area contributed by atoms with Crippen molar-refractivity contribution < 1.29 is 4.39 Å². The fraction of sp³-hybridized carbons (Fsp3) is 0.286. The number of aryl methyl sites for hydroxylation is 1. The van der Waals surface area contributed by atoms with E-state index >= 15 is 0 Å². The average molecular weight is 245 g/mol. The second-order valence-corrected chi connectivity index (χ2v) is 4.65. The predicted octanol–water partition coefficient (Wildman–Crippen LogP) is 3.30. The Hall–Kier alpha value is -1.97. The monoisotopic (exact) mass is 245 g/mol. The quantitative estimate of drug-likeness (QED) is 0.883. The van der Waals surface area contributed by atoms with E-state index in [1.165, 1.54) is 6.07 Å². The van der Waals surface area contributed by atoms with E-state index in [0.29, 0.717) is 28.5 Å². The van der Waals surface area contributed by atoms with Crippen LogP contribution in [0.15, 0.2) is 24.3 Å². The Morgan fingerprint density at radius 3 is 2.50 bits per heavy atom. The highest BCUT2D eigenvalue weighted by atomic mass is 19.1. The van der Waals surface area contributed by atoms with Crippen molar-refractivity contribution >= 4 is 5.82 Å². The highest BCUT2D eigenvalue weighted by molar-refractivity contribution is 5.62. The largest absolute Gasteiger partial charge is 0.384 e. The van der Waals surface area contributed by atoms with Gasteiger partial charge in [0, 0.05) is 17.5 Å². The minimum absolute atomic E-state index is 0.183. The zero-order valence-corrected chi connectivity index (χ0v) is 10.7. The summed E-state index contributed by atoms with van der Waals surface area (Å²) in [5, 5.41) is 0. The van der Waals surface area contributed by atoms with E-state index in [1.54, 1.807) is 19.1 Å². The van der Waals surface area contributed by atoms with Crippen molar-refractivity contribution in [1.82, 2.24) is 9.97 Å². The van der Waals surface area contributed by atoms with Gasteiger partial charge in [0.25, 0.3) is 0 Å². The van der Waals surface area contributed by atoms with Crippen LogP contribution in [0.5, 0.6) is 0 Å². The Morgan fingerprint density at radius 2 is 1.89 bits per heavy atom. The number of hydrogen-bond donors (Lipinski definition) is 1. The Bertz CT molecular complexity index is 579.